The summed E-state index contributed by atoms with van der Waals surface area (Å²) in [6.45, 7) is 10.9. The van der Waals surface area contributed by atoms with Crippen LogP contribution in [0.1, 0.15) is 29.2 Å². The van der Waals surface area contributed by atoms with Gasteiger partial charge in [0.15, 0.2) is 0 Å². The number of likely N-dealkylation sites (N-methyl/N-ethyl adjacent to an activating group) is 1. The van der Waals surface area contributed by atoms with Gasteiger partial charge in [0, 0.05) is 6.54 Å². The Morgan fingerprint density at radius 2 is 1.82 bits per heavy atom. The van der Waals surface area contributed by atoms with E-state index in [1.165, 1.54) is 22.3 Å². The molecule has 1 rings (SSSR count). The van der Waals surface area contributed by atoms with Gasteiger partial charge in [0.25, 0.3) is 0 Å². The van der Waals surface area contributed by atoms with Crippen molar-refractivity contribution in [2.24, 2.45) is 0 Å². The zero-order valence-corrected chi connectivity index (χ0v) is 12.1. The lowest BCUT2D eigenvalue weighted by atomic mass is 9.96. The Balaban J connectivity index is 2.94. The molecule has 96 valence electrons. The van der Waals surface area contributed by atoms with E-state index in [-0.39, 0.29) is 0 Å². The molecular weight excluding hydrogens is 210 g/mol. The van der Waals surface area contributed by atoms with Crippen LogP contribution in [0.3, 0.4) is 0 Å². The fourth-order valence-electron chi connectivity index (χ4n) is 2.19. The lowest BCUT2D eigenvalue weighted by molar-refractivity contribution is 0.357. The summed E-state index contributed by atoms with van der Waals surface area (Å²) in [5, 5.41) is 0. The molecule has 0 bridgehead atoms. The molecular formula is C15H25NO. The van der Waals surface area contributed by atoms with E-state index in [2.05, 4.69) is 45.7 Å². The van der Waals surface area contributed by atoms with Gasteiger partial charge in [-0.2, -0.15) is 0 Å². The minimum Gasteiger partial charge on any atom is -0.496 e. The molecule has 0 unspecified atom stereocenters. The summed E-state index contributed by atoms with van der Waals surface area (Å²) < 4.78 is 5.45. The van der Waals surface area contributed by atoms with Gasteiger partial charge in [-0.05, 0) is 63.0 Å². The summed E-state index contributed by atoms with van der Waals surface area (Å²) >= 11 is 0. The van der Waals surface area contributed by atoms with E-state index >= 15 is 0 Å². The van der Waals surface area contributed by atoms with E-state index in [1.807, 2.05) is 0 Å². The normalized spacial score (nSPS) is 11.0. The van der Waals surface area contributed by atoms with Crippen molar-refractivity contribution < 1.29 is 4.74 Å². The third kappa shape index (κ3) is 3.22. The second-order valence-electron chi connectivity index (χ2n) is 4.78. The second-order valence-corrected chi connectivity index (χ2v) is 4.78. The summed E-state index contributed by atoms with van der Waals surface area (Å²) in [7, 11) is 3.91. The minimum absolute atomic E-state index is 1.04. The van der Waals surface area contributed by atoms with Crippen molar-refractivity contribution in [2.75, 3.05) is 27.2 Å². The number of rotatable bonds is 5. The summed E-state index contributed by atoms with van der Waals surface area (Å²) in [6.07, 6.45) is 1.11. The van der Waals surface area contributed by atoms with E-state index in [0.29, 0.717) is 0 Å². The molecule has 0 heterocycles. The zero-order chi connectivity index (χ0) is 13.0. The molecule has 0 aromatic heterocycles. The highest BCUT2D eigenvalue weighted by Crippen LogP contribution is 2.28. The average molecular weight is 235 g/mol. The molecule has 0 saturated heterocycles. The van der Waals surface area contributed by atoms with Crippen LogP contribution in [0.5, 0.6) is 5.75 Å². The van der Waals surface area contributed by atoms with E-state index in [1.54, 1.807) is 7.11 Å². The molecule has 17 heavy (non-hydrogen) atoms. The summed E-state index contributed by atoms with van der Waals surface area (Å²) in [5.41, 5.74) is 5.34. The third-order valence-corrected chi connectivity index (χ3v) is 3.64. The molecule has 0 amide bonds. The first kappa shape index (κ1) is 14.0. The van der Waals surface area contributed by atoms with Crippen LogP contribution in [-0.4, -0.2) is 32.1 Å². The number of hydrogen-bond donors (Lipinski definition) is 0. The van der Waals surface area contributed by atoms with E-state index in [0.717, 1.165) is 25.3 Å². The summed E-state index contributed by atoms with van der Waals surface area (Å²) in [6, 6.07) is 2.27. The van der Waals surface area contributed by atoms with Crippen molar-refractivity contribution in [2.45, 2.75) is 34.1 Å². The van der Waals surface area contributed by atoms with Gasteiger partial charge in [0.2, 0.25) is 0 Å². The summed E-state index contributed by atoms with van der Waals surface area (Å²) in [5.74, 6) is 1.04. The highest BCUT2D eigenvalue weighted by molar-refractivity contribution is 5.49. The van der Waals surface area contributed by atoms with E-state index < -0.39 is 0 Å². The fourth-order valence-corrected chi connectivity index (χ4v) is 2.19. The maximum absolute atomic E-state index is 5.45. The Bertz CT molecular complexity index is 385. The predicted octanol–water partition coefficient (Wildman–Crippen LogP) is 3.11. The second kappa shape index (κ2) is 6.06. The van der Waals surface area contributed by atoms with Gasteiger partial charge in [0.05, 0.1) is 7.11 Å². The number of benzene rings is 1. The van der Waals surface area contributed by atoms with Crippen LogP contribution in [0.2, 0.25) is 0 Å². The molecule has 1 aromatic rings. The quantitative estimate of drug-likeness (QED) is 0.777. The van der Waals surface area contributed by atoms with E-state index in [9.17, 15) is 0 Å². The maximum Gasteiger partial charge on any atom is 0.124 e. The smallest absolute Gasteiger partial charge is 0.124 e. The SMILES string of the molecule is CCN(C)CCc1cc(C)c(OC)c(C)c1C. The van der Waals surface area contributed by atoms with Crippen molar-refractivity contribution in [3.63, 3.8) is 0 Å². The van der Waals surface area contributed by atoms with E-state index in [4.69, 9.17) is 4.74 Å². The number of methoxy groups -OCH3 is 1. The first-order valence-electron chi connectivity index (χ1n) is 6.33. The molecule has 0 aliphatic heterocycles. The highest BCUT2D eigenvalue weighted by atomic mass is 16.5. The van der Waals surface area contributed by atoms with Crippen molar-refractivity contribution >= 4 is 0 Å². The fraction of sp³-hybridized carbons (Fsp3) is 0.600. The number of hydrogen-bond acceptors (Lipinski definition) is 2. The van der Waals surface area contributed by atoms with Gasteiger partial charge in [-0.1, -0.05) is 13.0 Å². The zero-order valence-electron chi connectivity index (χ0n) is 12.1. The molecule has 0 N–H and O–H groups in total. The Hall–Kier alpha value is -1.02. The maximum atomic E-state index is 5.45. The first-order valence-corrected chi connectivity index (χ1v) is 6.33. The molecule has 0 spiro atoms. The molecule has 2 nitrogen and oxygen atoms in total. The van der Waals surface area contributed by atoms with Crippen LogP contribution >= 0.6 is 0 Å². The van der Waals surface area contributed by atoms with Crippen molar-refractivity contribution in [3.8, 4) is 5.75 Å². The molecule has 1 aromatic carbocycles. The van der Waals surface area contributed by atoms with Crippen molar-refractivity contribution in [1.29, 1.82) is 0 Å². The molecule has 0 radical (unpaired) electrons. The largest absolute Gasteiger partial charge is 0.496 e. The lowest BCUT2D eigenvalue weighted by Crippen LogP contribution is -2.20. The topological polar surface area (TPSA) is 12.5 Å². The minimum atomic E-state index is 1.04. The molecule has 2 heteroatoms. The van der Waals surface area contributed by atoms with Gasteiger partial charge >= 0.3 is 0 Å². The standard InChI is InChI=1S/C15H25NO/c1-7-16(5)9-8-14-10-11(2)15(17-6)13(4)12(14)3/h10H,7-9H2,1-6H3. The van der Waals surface area contributed by atoms with Gasteiger partial charge in [-0.3, -0.25) is 0 Å². The Morgan fingerprint density at radius 3 is 2.35 bits per heavy atom. The number of ether oxygens (including phenoxy) is 1. The predicted molar refractivity (Wildman–Crippen MR) is 74.1 cm³/mol. The molecule has 0 atom stereocenters. The monoisotopic (exact) mass is 235 g/mol. The Kier molecular flexibility index (Phi) is 5.01. The van der Waals surface area contributed by atoms with Gasteiger partial charge in [-0.15, -0.1) is 0 Å². The van der Waals surface area contributed by atoms with Crippen molar-refractivity contribution in [3.05, 3.63) is 28.3 Å². The lowest BCUT2D eigenvalue weighted by Gasteiger charge is -2.18. The van der Waals surface area contributed by atoms with Gasteiger partial charge < -0.3 is 9.64 Å². The third-order valence-electron chi connectivity index (χ3n) is 3.64. The molecule has 0 saturated carbocycles. The van der Waals surface area contributed by atoms with Crippen molar-refractivity contribution in [1.82, 2.24) is 4.90 Å². The van der Waals surface area contributed by atoms with Crippen LogP contribution in [0.4, 0.5) is 0 Å². The van der Waals surface area contributed by atoms with Crippen LogP contribution in [-0.2, 0) is 6.42 Å². The molecule has 0 aliphatic carbocycles. The molecule has 0 fully saturated rings. The summed E-state index contributed by atoms with van der Waals surface area (Å²) in [4.78, 5) is 2.34. The first-order chi connectivity index (χ1) is 8.01. The number of aryl methyl sites for hydroxylation is 1. The van der Waals surface area contributed by atoms with Crippen LogP contribution < -0.4 is 4.74 Å². The van der Waals surface area contributed by atoms with Crippen LogP contribution in [0, 0.1) is 20.8 Å². The van der Waals surface area contributed by atoms with Crippen LogP contribution in [0.15, 0.2) is 6.07 Å². The Morgan fingerprint density at radius 1 is 1.18 bits per heavy atom. The number of nitrogens with zero attached hydrogens (tertiary/aromatic N) is 1. The highest BCUT2D eigenvalue weighted by Gasteiger charge is 2.10. The van der Waals surface area contributed by atoms with Gasteiger partial charge in [-0.25, -0.2) is 0 Å². The Labute approximate surface area is 106 Å². The molecule has 0 aliphatic rings. The van der Waals surface area contributed by atoms with Gasteiger partial charge in [0.1, 0.15) is 5.75 Å². The average Bonchev–Trinajstić information content (AvgIpc) is 2.32. The van der Waals surface area contributed by atoms with Crippen LogP contribution in [0.25, 0.3) is 0 Å².